The average molecular weight is 309 g/mol. The van der Waals surface area contributed by atoms with Crippen molar-refractivity contribution in [1.82, 2.24) is 5.32 Å². The van der Waals surface area contributed by atoms with Crippen molar-refractivity contribution in [2.45, 2.75) is 45.6 Å². The van der Waals surface area contributed by atoms with Crippen LogP contribution in [0.25, 0.3) is 0 Å². The van der Waals surface area contributed by atoms with E-state index in [1.165, 1.54) is 0 Å². The van der Waals surface area contributed by atoms with Gasteiger partial charge in [-0.15, -0.1) is 11.3 Å². The molecule has 0 radical (unpaired) electrons. The molecule has 116 valence electrons. The zero-order chi connectivity index (χ0) is 15.4. The van der Waals surface area contributed by atoms with E-state index in [0.717, 1.165) is 17.7 Å². The molecule has 5 heteroatoms. The SMILES string of the molecule is CCCC(NC(=O)C1CC(C)CC1C(=O)O)c1cccs1. The van der Waals surface area contributed by atoms with Gasteiger partial charge in [0.25, 0.3) is 0 Å². The zero-order valence-electron chi connectivity index (χ0n) is 12.5. The molecular weight excluding hydrogens is 286 g/mol. The second-order valence-electron chi connectivity index (χ2n) is 5.99. The lowest BCUT2D eigenvalue weighted by molar-refractivity contribution is -0.146. The Balaban J connectivity index is 2.06. The van der Waals surface area contributed by atoms with Crippen LogP contribution in [-0.4, -0.2) is 17.0 Å². The van der Waals surface area contributed by atoms with Crippen molar-refractivity contribution in [3.8, 4) is 0 Å². The molecule has 2 rings (SSSR count). The van der Waals surface area contributed by atoms with Crippen LogP contribution in [0.3, 0.4) is 0 Å². The Kier molecular flexibility index (Phi) is 5.39. The van der Waals surface area contributed by atoms with Gasteiger partial charge in [-0.25, -0.2) is 0 Å². The first-order chi connectivity index (χ1) is 10.0. The van der Waals surface area contributed by atoms with Crippen LogP contribution in [-0.2, 0) is 9.59 Å². The van der Waals surface area contributed by atoms with E-state index in [1.807, 2.05) is 24.4 Å². The second kappa shape index (κ2) is 7.07. The lowest BCUT2D eigenvalue weighted by Crippen LogP contribution is -2.37. The van der Waals surface area contributed by atoms with Crippen LogP contribution in [0.2, 0.25) is 0 Å². The first-order valence-electron chi connectivity index (χ1n) is 7.59. The number of hydrogen-bond acceptors (Lipinski definition) is 3. The number of carbonyl (C=O) groups is 2. The van der Waals surface area contributed by atoms with Gasteiger partial charge in [-0.05, 0) is 36.6 Å². The normalized spacial score (nSPS) is 26.5. The summed E-state index contributed by atoms with van der Waals surface area (Å²) in [4.78, 5) is 25.0. The van der Waals surface area contributed by atoms with E-state index in [4.69, 9.17) is 0 Å². The summed E-state index contributed by atoms with van der Waals surface area (Å²) in [7, 11) is 0. The van der Waals surface area contributed by atoms with Crippen molar-refractivity contribution < 1.29 is 14.7 Å². The summed E-state index contributed by atoms with van der Waals surface area (Å²) in [6.45, 7) is 4.11. The summed E-state index contributed by atoms with van der Waals surface area (Å²) in [5, 5.41) is 14.4. The zero-order valence-corrected chi connectivity index (χ0v) is 13.4. The molecule has 4 nitrogen and oxygen atoms in total. The first kappa shape index (κ1) is 16.0. The Morgan fingerprint density at radius 2 is 2.14 bits per heavy atom. The molecule has 21 heavy (non-hydrogen) atoms. The minimum atomic E-state index is -0.845. The third-order valence-electron chi connectivity index (χ3n) is 4.23. The third-order valence-corrected chi connectivity index (χ3v) is 5.22. The average Bonchev–Trinajstić information content (AvgIpc) is 3.06. The highest BCUT2D eigenvalue weighted by molar-refractivity contribution is 7.10. The topological polar surface area (TPSA) is 66.4 Å². The molecule has 1 amide bonds. The molecule has 0 aliphatic heterocycles. The fourth-order valence-corrected chi connectivity index (χ4v) is 4.01. The lowest BCUT2D eigenvalue weighted by Gasteiger charge is -2.21. The Hall–Kier alpha value is -1.36. The molecule has 0 spiro atoms. The lowest BCUT2D eigenvalue weighted by atomic mass is 9.94. The van der Waals surface area contributed by atoms with Gasteiger partial charge in [0.15, 0.2) is 0 Å². The summed E-state index contributed by atoms with van der Waals surface area (Å²) in [5.74, 6) is -1.57. The monoisotopic (exact) mass is 309 g/mol. The highest BCUT2D eigenvalue weighted by Crippen LogP contribution is 2.37. The quantitative estimate of drug-likeness (QED) is 0.846. The molecule has 1 aliphatic rings. The summed E-state index contributed by atoms with van der Waals surface area (Å²) in [5.41, 5.74) is 0. The molecule has 2 N–H and O–H groups in total. The number of hydrogen-bond donors (Lipinski definition) is 2. The summed E-state index contributed by atoms with van der Waals surface area (Å²) < 4.78 is 0. The van der Waals surface area contributed by atoms with Crippen LogP contribution < -0.4 is 5.32 Å². The van der Waals surface area contributed by atoms with Crippen molar-refractivity contribution >= 4 is 23.2 Å². The molecule has 0 aromatic carbocycles. The molecule has 1 fully saturated rings. The number of nitrogens with one attached hydrogen (secondary N) is 1. The van der Waals surface area contributed by atoms with E-state index in [-0.39, 0.29) is 11.9 Å². The minimum Gasteiger partial charge on any atom is -0.481 e. The van der Waals surface area contributed by atoms with Crippen LogP contribution >= 0.6 is 11.3 Å². The number of carboxylic acid groups (broad SMARTS) is 1. The highest BCUT2D eigenvalue weighted by atomic mass is 32.1. The summed E-state index contributed by atoms with van der Waals surface area (Å²) in [6, 6.07) is 4.01. The fraction of sp³-hybridized carbons (Fsp3) is 0.625. The maximum atomic E-state index is 12.5. The van der Waals surface area contributed by atoms with Crippen molar-refractivity contribution in [2.24, 2.45) is 17.8 Å². The van der Waals surface area contributed by atoms with Crippen molar-refractivity contribution in [1.29, 1.82) is 0 Å². The van der Waals surface area contributed by atoms with Crippen LogP contribution in [0.5, 0.6) is 0 Å². The number of amides is 1. The van der Waals surface area contributed by atoms with Crippen molar-refractivity contribution in [3.05, 3.63) is 22.4 Å². The van der Waals surface area contributed by atoms with E-state index in [2.05, 4.69) is 12.2 Å². The minimum absolute atomic E-state index is 0.00727. The smallest absolute Gasteiger partial charge is 0.307 e. The first-order valence-corrected chi connectivity index (χ1v) is 8.47. The van der Waals surface area contributed by atoms with E-state index in [0.29, 0.717) is 18.8 Å². The molecular formula is C16H23NO3S. The standard InChI is InChI=1S/C16H23NO3S/c1-3-5-13(14-6-4-7-21-14)17-15(18)11-8-10(2)9-12(11)16(19)20/h4,6-7,10-13H,3,5,8-9H2,1-2H3,(H,17,18)(H,19,20). The van der Waals surface area contributed by atoms with Crippen molar-refractivity contribution in [2.75, 3.05) is 0 Å². The Bertz CT molecular complexity index is 486. The molecule has 4 atom stereocenters. The Morgan fingerprint density at radius 3 is 2.71 bits per heavy atom. The number of aliphatic carboxylic acids is 1. The fourth-order valence-electron chi connectivity index (χ4n) is 3.20. The predicted molar refractivity (Wildman–Crippen MR) is 83.1 cm³/mol. The van der Waals surface area contributed by atoms with Crippen molar-refractivity contribution in [3.63, 3.8) is 0 Å². The van der Waals surface area contributed by atoms with Crippen LogP contribution in [0.15, 0.2) is 17.5 Å². The predicted octanol–water partition coefficient (Wildman–Crippen LogP) is 3.45. The van der Waals surface area contributed by atoms with Crippen LogP contribution in [0.4, 0.5) is 0 Å². The van der Waals surface area contributed by atoms with Gasteiger partial charge in [-0.2, -0.15) is 0 Å². The van der Waals surface area contributed by atoms with E-state index in [9.17, 15) is 14.7 Å². The Labute approximate surface area is 129 Å². The van der Waals surface area contributed by atoms with Gasteiger partial charge in [0, 0.05) is 4.88 Å². The van der Waals surface area contributed by atoms with Gasteiger partial charge in [0.05, 0.1) is 17.9 Å². The van der Waals surface area contributed by atoms with Gasteiger partial charge in [-0.3, -0.25) is 9.59 Å². The van der Waals surface area contributed by atoms with E-state index >= 15 is 0 Å². The third kappa shape index (κ3) is 3.84. The summed E-state index contributed by atoms with van der Waals surface area (Å²) in [6.07, 6.45) is 3.13. The Morgan fingerprint density at radius 1 is 1.43 bits per heavy atom. The molecule has 1 aliphatic carbocycles. The molecule has 4 unspecified atom stereocenters. The molecule has 1 aromatic rings. The van der Waals surface area contributed by atoms with Gasteiger partial charge >= 0.3 is 5.97 Å². The molecule has 0 saturated heterocycles. The van der Waals surface area contributed by atoms with Crippen LogP contribution in [0, 0.1) is 17.8 Å². The van der Waals surface area contributed by atoms with Gasteiger partial charge in [0.1, 0.15) is 0 Å². The molecule has 1 heterocycles. The maximum Gasteiger partial charge on any atom is 0.307 e. The summed E-state index contributed by atoms with van der Waals surface area (Å²) >= 11 is 1.63. The van der Waals surface area contributed by atoms with Gasteiger partial charge < -0.3 is 10.4 Å². The number of thiophene rings is 1. The van der Waals surface area contributed by atoms with Gasteiger partial charge in [-0.1, -0.05) is 26.3 Å². The number of rotatable bonds is 6. The second-order valence-corrected chi connectivity index (χ2v) is 6.97. The van der Waals surface area contributed by atoms with Gasteiger partial charge in [0.2, 0.25) is 5.91 Å². The molecule has 1 saturated carbocycles. The largest absolute Gasteiger partial charge is 0.481 e. The number of carboxylic acids is 1. The van der Waals surface area contributed by atoms with Crippen LogP contribution in [0.1, 0.15) is 50.4 Å². The van der Waals surface area contributed by atoms with E-state index in [1.54, 1.807) is 11.3 Å². The highest BCUT2D eigenvalue weighted by Gasteiger charge is 2.41. The molecule has 0 bridgehead atoms. The molecule has 1 aromatic heterocycles. The van der Waals surface area contributed by atoms with E-state index < -0.39 is 17.8 Å². The number of carbonyl (C=O) groups excluding carboxylic acids is 1. The maximum absolute atomic E-state index is 12.5.